The number of carbonyl (C=O) groups is 2. The summed E-state index contributed by atoms with van der Waals surface area (Å²) in [7, 11) is 0. The van der Waals surface area contributed by atoms with Crippen LogP contribution in [-0.2, 0) is 9.59 Å². The first-order valence-electron chi connectivity index (χ1n) is 15.1. The molecule has 2 amide bonds. The average Bonchev–Trinajstić information content (AvgIpc) is 3.21. The Hall–Kier alpha value is -2.96. The van der Waals surface area contributed by atoms with Gasteiger partial charge in [0.25, 0.3) is 0 Å². The molecule has 4 atom stereocenters. The van der Waals surface area contributed by atoms with Crippen molar-refractivity contribution < 1.29 is 24.9 Å². The normalized spacial score (nSPS) is 25.1. The van der Waals surface area contributed by atoms with Gasteiger partial charge >= 0.3 is 0 Å². The van der Waals surface area contributed by atoms with E-state index in [4.69, 9.17) is 0 Å². The summed E-state index contributed by atoms with van der Waals surface area (Å²) < 4.78 is 0. The van der Waals surface area contributed by atoms with Crippen molar-refractivity contribution in [2.45, 2.75) is 90.2 Å². The summed E-state index contributed by atoms with van der Waals surface area (Å²) in [6.07, 6.45) is 9.81. The Morgan fingerprint density at radius 3 is 2.45 bits per heavy atom. The Morgan fingerprint density at radius 1 is 1.02 bits per heavy atom. The van der Waals surface area contributed by atoms with Crippen LogP contribution in [0.3, 0.4) is 0 Å². The maximum absolute atomic E-state index is 13.6. The number of carbonyl (C=O) groups excluding carboxylic acids is 2. The van der Waals surface area contributed by atoms with Crippen molar-refractivity contribution in [2.75, 3.05) is 6.61 Å². The van der Waals surface area contributed by atoms with Gasteiger partial charge in [-0.3, -0.25) is 14.5 Å². The highest BCUT2D eigenvalue weighted by atomic mass is 16.3. The molecule has 2 aliphatic carbocycles. The van der Waals surface area contributed by atoms with Crippen molar-refractivity contribution in [1.29, 1.82) is 0 Å². The van der Waals surface area contributed by atoms with Gasteiger partial charge in [-0.05, 0) is 68.0 Å². The molecule has 6 nitrogen and oxygen atoms in total. The molecule has 2 aromatic carbocycles. The topological polar surface area (TPSA) is 98.1 Å². The second kappa shape index (κ2) is 12.3. The van der Waals surface area contributed by atoms with Gasteiger partial charge in [0.15, 0.2) is 0 Å². The van der Waals surface area contributed by atoms with Crippen molar-refractivity contribution in [3.63, 3.8) is 0 Å². The fraction of sp³-hybridized carbons (Fsp3) is 0.529. The lowest BCUT2D eigenvalue weighted by Crippen LogP contribution is -2.42. The lowest BCUT2D eigenvalue weighted by atomic mass is 9.68. The molecule has 3 aliphatic rings. The highest BCUT2D eigenvalue weighted by Crippen LogP contribution is 2.47. The molecular formula is C34H43NO5. The van der Waals surface area contributed by atoms with Gasteiger partial charge in [0, 0.05) is 17.3 Å². The van der Waals surface area contributed by atoms with E-state index >= 15 is 0 Å². The molecule has 5 rings (SSSR count). The van der Waals surface area contributed by atoms with E-state index < -0.39 is 23.9 Å². The molecule has 0 unspecified atom stereocenters. The van der Waals surface area contributed by atoms with Gasteiger partial charge in [0.1, 0.15) is 5.75 Å². The molecule has 0 bridgehead atoms. The highest BCUT2D eigenvalue weighted by Gasteiger charge is 2.55. The Morgan fingerprint density at radius 2 is 1.75 bits per heavy atom. The van der Waals surface area contributed by atoms with Gasteiger partial charge in [-0.2, -0.15) is 0 Å². The molecule has 0 spiro atoms. The maximum atomic E-state index is 13.6. The van der Waals surface area contributed by atoms with E-state index in [1.165, 1.54) is 10.5 Å². The molecule has 0 radical (unpaired) electrons. The maximum Gasteiger partial charge on any atom is 0.234 e. The number of aliphatic hydroxyl groups excluding tert-OH is 2. The minimum absolute atomic E-state index is 0.0231. The zero-order valence-electron chi connectivity index (χ0n) is 23.8. The third kappa shape index (κ3) is 5.36. The summed E-state index contributed by atoms with van der Waals surface area (Å²) in [4.78, 5) is 28.6. The van der Waals surface area contributed by atoms with Crippen LogP contribution in [0.1, 0.15) is 83.6 Å². The van der Waals surface area contributed by atoms with Crippen LogP contribution in [0.5, 0.6) is 5.75 Å². The van der Waals surface area contributed by atoms with Crippen LogP contribution in [0.25, 0.3) is 16.8 Å². The van der Waals surface area contributed by atoms with Crippen molar-refractivity contribution >= 4 is 28.7 Å². The van der Waals surface area contributed by atoms with Crippen LogP contribution in [0.15, 0.2) is 53.1 Å². The molecule has 1 heterocycles. The minimum atomic E-state index is -0.790. The number of allylic oxidation sites excluding steroid dienone is 2. The highest BCUT2D eigenvalue weighted by molar-refractivity contribution is 6.06. The van der Waals surface area contributed by atoms with E-state index in [9.17, 15) is 24.9 Å². The van der Waals surface area contributed by atoms with E-state index in [1.54, 1.807) is 6.07 Å². The molecule has 1 saturated carbocycles. The second-order valence-corrected chi connectivity index (χ2v) is 12.0. The molecular weight excluding hydrogens is 502 g/mol. The zero-order valence-corrected chi connectivity index (χ0v) is 23.8. The summed E-state index contributed by atoms with van der Waals surface area (Å²) in [6, 6.07) is 11.4. The second-order valence-electron chi connectivity index (χ2n) is 12.0. The average molecular weight is 546 g/mol. The predicted molar refractivity (Wildman–Crippen MR) is 157 cm³/mol. The summed E-state index contributed by atoms with van der Waals surface area (Å²) in [5.74, 6) is -1.51. The number of aliphatic hydroxyl groups is 2. The molecule has 0 aromatic heterocycles. The number of phenols is 1. The van der Waals surface area contributed by atoms with Crippen molar-refractivity contribution in [1.82, 2.24) is 4.90 Å². The van der Waals surface area contributed by atoms with Crippen LogP contribution in [-0.4, -0.2) is 50.8 Å². The zero-order chi connectivity index (χ0) is 28.4. The first-order chi connectivity index (χ1) is 19.3. The summed E-state index contributed by atoms with van der Waals surface area (Å²) in [5, 5.41) is 34.1. The van der Waals surface area contributed by atoms with Gasteiger partial charge in [-0.25, -0.2) is 0 Å². The van der Waals surface area contributed by atoms with E-state index in [0.717, 1.165) is 72.4 Å². The van der Waals surface area contributed by atoms with Crippen molar-refractivity contribution in [2.24, 2.45) is 17.8 Å². The summed E-state index contributed by atoms with van der Waals surface area (Å²) in [5.41, 5.74) is 3.93. The van der Waals surface area contributed by atoms with Crippen LogP contribution >= 0.6 is 0 Å². The monoisotopic (exact) mass is 545 g/mol. The molecule has 2 fully saturated rings. The molecule has 1 saturated heterocycles. The number of nitrogens with zero attached hydrogens (tertiary/aromatic N) is 1. The molecule has 1 aliphatic heterocycles. The Bertz CT molecular complexity index is 1320. The van der Waals surface area contributed by atoms with E-state index in [1.807, 2.05) is 37.3 Å². The van der Waals surface area contributed by atoms with Gasteiger partial charge in [0.05, 0.1) is 24.5 Å². The largest absolute Gasteiger partial charge is 0.507 e. The number of imide groups is 1. The Balaban J connectivity index is 1.35. The predicted octanol–water partition coefficient (Wildman–Crippen LogP) is 6.13. The first kappa shape index (κ1) is 28.6. The van der Waals surface area contributed by atoms with Gasteiger partial charge in [0.2, 0.25) is 11.8 Å². The number of likely N-dealkylation sites (tertiary alicyclic amines) is 1. The van der Waals surface area contributed by atoms with Crippen LogP contribution in [0.2, 0.25) is 0 Å². The lowest BCUT2D eigenvalue weighted by molar-refractivity contribution is -0.143. The Labute approximate surface area is 237 Å². The number of amides is 2. The minimum Gasteiger partial charge on any atom is -0.507 e. The van der Waals surface area contributed by atoms with E-state index in [2.05, 4.69) is 13.0 Å². The molecule has 3 N–H and O–H groups in total. The quantitative estimate of drug-likeness (QED) is 0.260. The number of hydrogen-bond donors (Lipinski definition) is 3. The number of fused-ring (bicyclic) bond motifs is 2. The fourth-order valence-electron chi connectivity index (χ4n) is 7.56. The van der Waals surface area contributed by atoms with Gasteiger partial charge in [-0.15, -0.1) is 0 Å². The number of rotatable bonds is 9. The third-order valence-corrected chi connectivity index (χ3v) is 9.46. The van der Waals surface area contributed by atoms with E-state index in [-0.39, 0.29) is 30.2 Å². The standard InChI is InChI=1S/C34H43NO5/c1-3-9-22(19-23-15-17-29(37)26-13-8-7-12-25(23)26)14-16-30(38)31-21(2)18-27-32(28(31)20-36)34(40)35(33(27)39)24-10-5-4-6-11-24/h7-8,12-13,15,17,19,24,27-28,30,32,36-38H,3-6,9-11,14,16,18,20H2,1-2H3/b22-19+/t27-,28+,30-,32-/m1/s1. The number of hydrogen-bond acceptors (Lipinski definition) is 5. The van der Waals surface area contributed by atoms with Crippen LogP contribution in [0, 0.1) is 17.8 Å². The van der Waals surface area contributed by atoms with Gasteiger partial charge in [-0.1, -0.05) is 80.2 Å². The Kier molecular flexibility index (Phi) is 8.77. The SMILES string of the molecule is CCC/C(=C\c1ccc(O)c2ccccc12)CC[C@@H](O)C1=C(C)C[C@H]2C(=O)N(C3CCCCC3)C(=O)[C@H]2[C@H]1CO. The lowest BCUT2D eigenvalue weighted by Gasteiger charge is -2.35. The molecule has 6 heteroatoms. The number of phenolic OH excluding ortho intramolecular Hbond substituents is 1. The first-order valence-corrected chi connectivity index (χ1v) is 15.1. The molecule has 2 aromatic rings. The summed E-state index contributed by atoms with van der Waals surface area (Å²) >= 11 is 0. The molecule has 40 heavy (non-hydrogen) atoms. The van der Waals surface area contributed by atoms with E-state index in [0.29, 0.717) is 19.3 Å². The fourth-order valence-corrected chi connectivity index (χ4v) is 7.56. The van der Waals surface area contributed by atoms with Crippen LogP contribution in [0.4, 0.5) is 0 Å². The smallest absolute Gasteiger partial charge is 0.234 e. The van der Waals surface area contributed by atoms with Gasteiger partial charge < -0.3 is 15.3 Å². The summed E-state index contributed by atoms with van der Waals surface area (Å²) in [6.45, 7) is 3.83. The molecule has 214 valence electrons. The number of aromatic hydroxyl groups is 1. The number of benzene rings is 2. The third-order valence-electron chi connectivity index (χ3n) is 9.46. The van der Waals surface area contributed by atoms with Crippen molar-refractivity contribution in [3.8, 4) is 5.75 Å². The van der Waals surface area contributed by atoms with Crippen LogP contribution < -0.4 is 0 Å². The van der Waals surface area contributed by atoms with Crippen molar-refractivity contribution in [3.05, 3.63) is 58.7 Å².